The van der Waals surface area contributed by atoms with Crippen molar-refractivity contribution in [1.29, 1.82) is 0 Å². The van der Waals surface area contributed by atoms with Gasteiger partial charge in [-0.05, 0) is 36.3 Å². The van der Waals surface area contributed by atoms with Crippen LogP contribution in [-0.4, -0.2) is 26.2 Å². The molecule has 1 aromatic carbocycles. The Morgan fingerprint density at radius 1 is 1.25 bits per heavy atom. The van der Waals surface area contributed by atoms with Crippen LogP contribution in [0.5, 0.6) is 0 Å². The number of halogens is 1. The van der Waals surface area contributed by atoms with Gasteiger partial charge >= 0.3 is 0 Å². The van der Waals surface area contributed by atoms with Crippen molar-refractivity contribution in [2.24, 2.45) is 7.05 Å². The molecule has 0 radical (unpaired) electrons. The fourth-order valence-corrected chi connectivity index (χ4v) is 2.93. The van der Waals surface area contributed by atoms with E-state index in [-0.39, 0.29) is 0 Å². The van der Waals surface area contributed by atoms with Gasteiger partial charge in [-0.3, -0.25) is 0 Å². The van der Waals surface area contributed by atoms with Crippen LogP contribution >= 0.6 is 11.6 Å². The minimum absolute atomic E-state index is 0.557. The number of tetrazole rings is 1. The van der Waals surface area contributed by atoms with E-state index < -0.39 is 0 Å². The van der Waals surface area contributed by atoms with E-state index in [2.05, 4.69) is 20.7 Å². The second kappa shape index (κ2) is 5.79. The number of anilines is 1. The number of hydrogen-bond acceptors (Lipinski definition) is 4. The molecule has 1 heterocycles. The molecule has 20 heavy (non-hydrogen) atoms. The molecular weight excluding hydrogens is 274 g/mol. The minimum Gasteiger partial charge on any atom is -0.382 e. The molecule has 0 unspecified atom stereocenters. The van der Waals surface area contributed by atoms with Crippen molar-refractivity contribution in [2.75, 3.05) is 5.32 Å². The molecule has 6 heteroatoms. The molecular formula is C14H18ClN5. The van der Waals surface area contributed by atoms with Crippen molar-refractivity contribution in [3.05, 3.63) is 23.2 Å². The summed E-state index contributed by atoms with van der Waals surface area (Å²) < 4.78 is 0. The van der Waals surface area contributed by atoms with Gasteiger partial charge in [0.2, 0.25) is 5.82 Å². The number of nitrogens with one attached hydrogen (secondary N) is 1. The molecule has 5 nitrogen and oxygen atoms in total. The van der Waals surface area contributed by atoms with Crippen molar-refractivity contribution < 1.29 is 0 Å². The molecule has 3 rings (SSSR count). The Hall–Kier alpha value is -1.62. The maximum atomic E-state index is 6.33. The monoisotopic (exact) mass is 291 g/mol. The Kier molecular flexibility index (Phi) is 3.87. The molecule has 1 aliphatic carbocycles. The van der Waals surface area contributed by atoms with Gasteiger partial charge in [-0.1, -0.05) is 30.9 Å². The average Bonchev–Trinajstić information content (AvgIpc) is 2.86. The third-order valence-corrected chi connectivity index (χ3v) is 4.01. The Morgan fingerprint density at radius 3 is 2.70 bits per heavy atom. The van der Waals surface area contributed by atoms with Gasteiger partial charge in [0.25, 0.3) is 0 Å². The van der Waals surface area contributed by atoms with Gasteiger partial charge in [0.05, 0.1) is 12.1 Å². The molecule has 0 amide bonds. The van der Waals surface area contributed by atoms with Crippen molar-refractivity contribution >= 4 is 17.3 Å². The summed E-state index contributed by atoms with van der Waals surface area (Å²) in [4.78, 5) is 1.43. The smallest absolute Gasteiger partial charge is 0.206 e. The standard InChI is InChI=1S/C14H18ClN5/c1-20-18-14(17-19-20)12-8-7-11(9-13(12)15)16-10-5-3-2-4-6-10/h7-10,16H,2-6H2,1H3. The molecule has 1 aromatic heterocycles. The van der Waals surface area contributed by atoms with Crippen LogP contribution < -0.4 is 5.32 Å². The van der Waals surface area contributed by atoms with Gasteiger partial charge in [0.1, 0.15) is 0 Å². The van der Waals surface area contributed by atoms with Gasteiger partial charge in [-0.2, -0.15) is 4.80 Å². The Bertz CT molecular complexity index is 589. The molecule has 0 aliphatic heterocycles. The first-order valence-electron chi connectivity index (χ1n) is 7.03. The summed E-state index contributed by atoms with van der Waals surface area (Å²) in [6, 6.07) is 6.50. The third kappa shape index (κ3) is 2.93. The molecule has 106 valence electrons. The highest BCUT2D eigenvalue weighted by Gasteiger charge is 2.14. The Labute approximate surface area is 123 Å². The maximum Gasteiger partial charge on any atom is 0.206 e. The lowest BCUT2D eigenvalue weighted by Gasteiger charge is -2.24. The molecule has 0 bridgehead atoms. The summed E-state index contributed by atoms with van der Waals surface area (Å²) in [5.74, 6) is 0.557. The van der Waals surface area contributed by atoms with Crippen molar-refractivity contribution in [3.8, 4) is 11.4 Å². The van der Waals surface area contributed by atoms with Gasteiger partial charge in [0.15, 0.2) is 0 Å². The topological polar surface area (TPSA) is 55.6 Å². The molecule has 0 saturated heterocycles. The number of rotatable bonds is 3. The van der Waals surface area contributed by atoms with Crippen LogP contribution in [0.25, 0.3) is 11.4 Å². The maximum absolute atomic E-state index is 6.33. The molecule has 1 saturated carbocycles. The largest absolute Gasteiger partial charge is 0.382 e. The lowest BCUT2D eigenvalue weighted by molar-refractivity contribution is 0.463. The highest BCUT2D eigenvalue weighted by atomic mass is 35.5. The summed E-state index contributed by atoms with van der Waals surface area (Å²) in [6.07, 6.45) is 6.46. The minimum atomic E-state index is 0.557. The Balaban J connectivity index is 1.76. The summed E-state index contributed by atoms with van der Waals surface area (Å²) in [7, 11) is 1.74. The highest BCUT2D eigenvalue weighted by Crippen LogP contribution is 2.29. The zero-order valence-corrected chi connectivity index (χ0v) is 12.3. The van der Waals surface area contributed by atoms with Crippen molar-refractivity contribution in [1.82, 2.24) is 20.2 Å². The summed E-state index contributed by atoms with van der Waals surface area (Å²) in [5, 5.41) is 16.2. The lowest BCUT2D eigenvalue weighted by atomic mass is 9.95. The molecule has 1 fully saturated rings. The van der Waals surface area contributed by atoms with Crippen LogP contribution in [0.15, 0.2) is 18.2 Å². The van der Waals surface area contributed by atoms with Gasteiger partial charge in [0, 0.05) is 17.3 Å². The zero-order chi connectivity index (χ0) is 13.9. The number of aryl methyl sites for hydroxylation is 1. The van der Waals surface area contributed by atoms with Crippen LogP contribution in [0.1, 0.15) is 32.1 Å². The molecule has 0 spiro atoms. The van der Waals surface area contributed by atoms with Crippen LogP contribution in [-0.2, 0) is 7.05 Å². The van der Waals surface area contributed by atoms with E-state index in [1.165, 1.54) is 36.9 Å². The molecule has 1 aliphatic rings. The average molecular weight is 292 g/mol. The van der Waals surface area contributed by atoms with Crippen LogP contribution in [0.4, 0.5) is 5.69 Å². The molecule has 1 N–H and O–H groups in total. The Morgan fingerprint density at radius 2 is 2.05 bits per heavy atom. The van der Waals surface area contributed by atoms with E-state index in [4.69, 9.17) is 11.6 Å². The van der Waals surface area contributed by atoms with E-state index in [1.54, 1.807) is 7.05 Å². The van der Waals surface area contributed by atoms with E-state index in [9.17, 15) is 0 Å². The van der Waals surface area contributed by atoms with E-state index in [0.29, 0.717) is 16.9 Å². The van der Waals surface area contributed by atoms with E-state index in [1.807, 2.05) is 18.2 Å². The summed E-state index contributed by atoms with van der Waals surface area (Å²) in [5.41, 5.74) is 1.88. The van der Waals surface area contributed by atoms with Gasteiger partial charge < -0.3 is 5.32 Å². The number of nitrogens with zero attached hydrogens (tertiary/aromatic N) is 4. The normalized spacial score (nSPS) is 16.3. The van der Waals surface area contributed by atoms with Crippen LogP contribution in [0, 0.1) is 0 Å². The second-order valence-electron chi connectivity index (χ2n) is 5.28. The molecule has 2 aromatic rings. The number of aromatic nitrogens is 4. The first-order valence-corrected chi connectivity index (χ1v) is 7.40. The highest BCUT2D eigenvalue weighted by molar-refractivity contribution is 6.33. The summed E-state index contributed by atoms with van der Waals surface area (Å²) in [6.45, 7) is 0. The zero-order valence-electron chi connectivity index (χ0n) is 11.5. The third-order valence-electron chi connectivity index (χ3n) is 3.69. The number of hydrogen-bond donors (Lipinski definition) is 1. The number of benzene rings is 1. The van der Waals surface area contributed by atoms with E-state index >= 15 is 0 Å². The molecule has 0 atom stereocenters. The van der Waals surface area contributed by atoms with Gasteiger partial charge in [-0.15, -0.1) is 10.2 Å². The first-order chi connectivity index (χ1) is 9.72. The fraction of sp³-hybridized carbons (Fsp3) is 0.500. The second-order valence-corrected chi connectivity index (χ2v) is 5.68. The predicted octanol–water partition coefficient (Wildman–Crippen LogP) is 3.28. The van der Waals surface area contributed by atoms with Crippen molar-refractivity contribution in [3.63, 3.8) is 0 Å². The SMILES string of the molecule is Cn1nnc(-c2ccc(NC3CCCCC3)cc2Cl)n1. The lowest BCUT2D eigenvalue weighted by Crippen LogP contribution is -2.22. The van der Waals surface area contributed by atoms with Gasteiger partial charge in [-0.25, -0.2) is 0 Å². The van der Waals surface area contributed by atoms with Crippen LogP contribution in [0.2, 0.25) is 5.02 Å². The van der Waals surface area contributed by atoms with Crippen molar-refractivity contribution in [2.45, 2.75) is 38.1 Å². The quantitative estimate of drug-likeness (QED) is 0.943. The summed E-state index contributed by atoms with van der Waals surface area (Å²) >= 11 is 6.33. The van der Waals surface area contributed by atoms with E-state index in [0.717, 1.165) is 11.3 Å². The fourth-order valence-electron chi connectivity index (χ4n) is 2.66. The predicted molar refractivity (Wildman–Crippen MR) is 79.7 cm³/mol. The van der Waals surface area contributed by atoms with Crippen LogP contribution in [0.3, 0.4) is 0 Å². The first kappa shape index (κ1) is 13.4.